The molecule has 4 aliphatic rings. The van der Waals surface area contributed by atoms with Gasteiger partial charge in [0, 0.05) is 46.7 Å². The number of anilines is 3. The van der Waals surface area contributed by atoms with Gasteiger partial charge in [0.15, 0.2) is 6.17 Å². The Balaban J connectivity index is 1.25. The molecule has 4 heteroatoms. The van der Waals surface area contributed by atoms with Crippen LogP contribution in [0.1, 0.15) is 123 Å². The van der Waals surface area contributed by atoms with Gasteiger partial charge in [0.1, 0.15) is 18.8 Å². The Morgan fingerprint density at radius 3 is 2.25 bits per heavy atom. The van der Waals surface area contributed by atoms with E-state index in [-0.39, 0.29) is 11.6 Å². The SMILES string of the molecule is [2H]c1c([2H])c(C(C([2H])([2H])[2H])(C([2H])([2H])[2H])C([2H])([2H])[2H])c([2H])c([2H])c1-c1c([2H])c([2H])[n+]2c(c1[2H])-c1cc(C(C)(C)C)cc3c1C21Oc2ccccc2C2N(c4ccc(C(C)CC)cc4-c4ccccc4)c4cccc-3c4N21. The number of hydrogen-bond donors (Lipinski definition) is 0. The van der Waals surface area contributed by atoms with E-state index in [4.69, 9.17) is 17.1 Å². The molecule has 11 rings (SSSR count). The van der Waals surface area contributed by atoms with Gasteiger partial charge in [-0.1, -0.05) is 146 Å². The molecule has 5 heterocycles. The lowest BCUT2D eigenvalue weighted by atomic mass is 9.79. The smallest absolute Gasteiger partial charge is 0.410 e. The first-order chi connectivity index (χ1) is 35.1. The average Bonchev–Trinajstić information content (AvgIpc) is 4.06. The number of ether oxygens (including phenoxy) is 1. The molecule has 6 aromatic carbocycles. The van der Waals surface area contributed by atoms with E-state index >= 15 is 0 Å². The maximum Gasteiger partial charge on any atom is 0.432 e. The number of para-hydroxylation sites is 2. The first-order valence-corrected chi connectivity index (χ1v) is 20.1. The normalized spacial score (nSPS) is 23.0. The molecule has 0 aliphatic carbocycles. The zero-order valence-corrected chi connectivity index (χ0v) is 33.4. The summed E-state index contributed by atoms with van der Waals surface area (Å²) in [5, 5.41) is 0. The molecule has 0 saturated heterocycles. The number of rotatable bonds is 5. The van der Waals surface area contributed by atoms with Crippen molar-refractivity contribution in [2.45, 2.75) is 90.4 Å². The third kappa shape index (κ3) is 5.05. The second kappa shape index (κ2) is 12.4. The average molecular weight is 787 g/mol. The van der Waals surface area contributed by atoms with Gasteiger partial charge in [-0.15, -0.1) is 4.57 Å². The van der Waals surface area contributed by atoms with E-state index in [0.717, 1.165) is 56.9 Å². The molecule has 3 atom stereocenters. The van der Waals surface area contributed by atoms with Gasteiger partial charge >= 0.3 is 5.85 Å². The van der Waals surface area contributed by atoms with E-state index in [9.17, 15) is 9.60 Å². The van der Waals surface area contributed by atoms with Crippen LogP contribution >= 0.6 is 0 Å². The highest BCUT2D eigenvalue weighted by Crippen LogP contribution is 2.67. The summed E-state index contributed by atoms with van der Waals surface area (Å²) in [6.45, 7) is -1.24. The van der Waals surface area contributed by atoms with Crippen LogP contribution in [0.5, 0.6) is 5.75 Å². The molecule has 0 bridgehead atoms. The third-order valence-corrected chi connectivity index (χ3v) is 12.5. The molecule has 59 heavy (non-hydrogen) atoms. The van der Waals surface area contributed by atoms with Crippen molar-refractivity contribution >= 4 is 17.1 Å². The molecule has 3 unspecified atom stereocenters. The van der Waals surface area contributed by atoms with Crippen molar-refractivity contribution < 1.29 is 31.2 Å². The minimum atomic E-state index is -3.92. The summed E-state index contributed by atoms with van der Waals surface area (Å²) < 4.78 is 152. The number of benzene rings is 6. The molecule has 0 N–H and O–H groups in total. The second-order valence-corrected chi connectivity index (χ2v) is 17.1. The molecule has 4 aliphatic heterocycles. The van der Waals surface area contributed by atoms with E-state index in [1.165, 1.54) is 10.1 Å². The van der Waals surface area contributed by atoms with Gasteiger partial charge < -0.3 is 9.64 Å². The predicted octanol–water partition coefficient (Wildman–Crippen LogP) is 13.8. The second-order valence-electron chi connectivity index (χ2n) is 17.1. The molecule has 0 fully saturated rings. The molecule has 0 amide bonds. The standard InChI is InChI=1S/C55H52N3O/c1-9-34(2)37-24-27-46(43(30-37)36-16-11-10-12-17-36)57-47-20-15-19-41-44-32-40(54(6,7)8)33-45-48-31-38(35-22-25-39(26-23-35)53(3,4)5)28-29-56(48)55(50(44)45)58(51(41)47)52(57)42-18-13-14-21-49(42)59-55/h10-34,52H,9H2,1-8H3/q+1/i3D3,4D3,5D3,22D,23D,25D,26D,28D,29D,31D. The Bertz CT molecular complexity index is 3540. The van der Waals surface area contributed by atoms with Crippen LogP contribution in [0.3, 0.4) is 0 Å². The number of pyridine rings is 1. The van der Waals surface area contributed by atoms with Crippen LogP contribution in [0.25, 0.3) is 44.6 Å². The van der Waals surface area contributed by atoms with E-state index in [1.54, 1.807) is 0 Å². The lowest BCUT2D eigenvalue weighted by Gasteiger charge is -2.47. The van der Waals surface area contributed by atoms with Crippen LogP contribution < -0.4 is 19.1 Å². The Hall–Kier alpha value is -6.13. The maximum atomic E-state index is 10.3. The Morgan fingerprint density at radius 1 is 0.729 bits per heavy atom. The van der Waals surface area contributed by atoms with Crippen molar-refractivity contribution in [3.63, 3.8) is 0 Å². The van der Waals surface area contributed by atoms with Gasteiger partial charge in [-0.3, -0.25) is 0 Å². The van der Waals surface area contributed by atoms with Crippen LogP contribution in [0, 0.1) is 0 Å². The molecular weight excluding hydrogens is 719 g/mol. The summed E-state index contributed by atoms with van der Waals surface area (Å²) >= 11 is 0. The fourth-order valence-corrected chi connectivity index (χ4v) is 9.37. The highest BCUT2D eigenvalue weighted by molar-refractivity contribution is 6.03. The molecule has 0 saturated carbocycles. The zero-order valence-electron chi connectivity index (χ0n) is 49.4. The lowest BCUT2D eigenvalue weighted by Crippen LogP contribution is -2.71. The quantitative estimate of drug-likeness (QED) is 0.162. The van der Waals surface area contributed by atoms with Crippen LogP contribution in [0.2, 0.25) is 0 Å². The number of hydrogen-bond acceptors (Lipinski definition) is 3. The summed E-state index contributed by atoms with van der Waals surface area (Å²) in [7, 11) is 0. The van der Waals surface area contributed by atoms with E-state index in [1.807, 2.05) is 81.4 Å². The molecule has 1 spiro atoms. The van der Waals surface area contributed by atoms with Crippen molar-refractivity contribution in [3.05, 3.63) is 173 Å². The molecular formula is C55H52N3O+. The fraction of sp³-hybridized carbons (Fsp3) is 0.255. The summed E-state index contributed by atoms with van der Waals surface area (Å²) in [5.74, 6) is -1.09. The Labute approximate surface area is 371 Å². The third-order valence-electron chi connectivity index (χ3n) is 12.5. The Morgan fingerprint density at radius 2 is 1.49 bits per heavy atom. The largest absolute Gasteiger partial charge is 0.432 e. The molecule has 1 aromatic heterocycles. The zero-order chi connectivity index (χ0) is 54.2. The van der Waals surface area contributed by atoms with Crippen LogP contribution in [-0.4, -0.2) is 0 Å². The van der Waals surface area contributed by atoms with Crippen molar-refractivity contribution in [1.29, 1.82) is 0 Å². The lowest BCUT2D eigenvalue weighted by molar-refractivity contribution is -0.774. The van der Waals surface area contributed by atoms with Crippen LogP contribution in [0.4, 0.5) is 17.1 Å². The van der Waals surface area contributed by atoms with Gasteiger partial charge in [0.05, 0.1) is 30.9 Å². The number of fused-ring (bicyclic) bond motifs is 5. The van der Waals surface area contributed by atoms with E-state index in [0.29, 0.717) is 16.9 Å². The van der Waals surface area contributed by atoms with Crippen molar-refractivity contribution in [2.75, 3.05) is 9.80 Å². The van der Waals surface area contributed by atoms with Crippen molar-refractivity contribution in [3.8, 4) is 50.4 Å². The minimum Gasteiger partial charge on any atom is -0.410 e. The molecule has 292 valence electrons. The molecule has 0 radical (unpaired) electrons. The van der Waals surface area contributed by atoms with E-state index < -0.39 is 103 Å². The summed E-state index contributed by atoms with van der Waals surface area (Å²) in [5.41, 5.74) is 2.90. The van der Waals surface area contributed by atoms with Crippen molar-refractivity contribution in [2.24, 2.45) is 0 Å². The highest BCUT2D eigenvalue weighted by Gasteiger charge is 2.70. The van der Waals surface area contributed by atoms with Gasteiger partial charge in [-0.25, -0.2) is 4.90 Å². The molecule has 4 nitrogen and oxygen atoms in total. The maximum absolute atomic E-state index is 10.3. The van der Waals surface area contributed by atoms with Gasteiger partial charge in [0.25, 0.3) is 0 Å². The highest BCUT2D eigenvalue weighted by atomic mass is 16.5. The van der Waals surface area contributed by atoms with Gasteiger partial charge in [-0.05, 0) is 92.9 Å². The van der Waals surface area contributed by atoms with Crippen LogP contribution in [-0.2, 0) is 16.7 Å². The summed E-state index contributed by atoms with van der Waals surface area (Å²) in [6, 6.07) is 28.6. The summed E-state index contributed by atoms with van der Waals surface area (Å²) in [6.07, 6.45) is -0.287. The Kier molecular flexibility index (Phi) is 4.82. The number of aromatic nitrogens is 1. The van der Waals surface area contributed by atoms with Gasteiger partial charge in [0.2, 0.25) is 5.69 Å². The predicted molar refractivity (Wildman–Crippen MR) is 242 cm³/mol. The van der Waals surface area contributed by atoms with Crippen molar-refractivity contribution in [1.82, 2.24) is 0 Å². The summed E-state index contributed by atoms with van der Waals surface area (Å²) in [4.78, 5) is 4.42. The fourth-order valence-electron chi connectivity index (χ4n) is 9.37. The first kappa shape index (κ1) is 22.9. The topological polar surface area (TPSA) is 19.6 Å². The number of nitrogens with zero attached hydrogens (tertiary/aromatic N) is 3. The minimum absolute atomic E-state index is 0.0462. The first-order valence-electron chi connectivity index (χ1n) is 28.1. The van der Waals surface area contributed by atoms with Gasteiger partial charge in [-0.2, -0.15) is 0 Å². The van der Waals surface area contributed by atoms with Crippen LogP contribution in [0.15, 0.2) is 146 Å². The molecule has 7 aromatic rings. The monoisotopic (exact) mass is 787 g/mol. The van der Waals surface area contributed by atoms with E-state index in [2.05, 4.69) is 66.1 Å².